The monoisotopic (exact) mass is 201 g/mol. The fourth-order valence-corrected chi connectivity index (χ4v) is 0. The topological polar surface area (TPSA) is 46.5 Å². The molecule has 0 aliphatic carbocycles. The molecular weight excluding hydrogens is 196 g/mol. The number of carboxylic acid groups (broad SMARTS) is 1. The molecule has 3 nitrogen and oxygen atoms in total. The van der Waals surface area contributed by atoms with Gasteiger partial charge in [-0.1, -0.05) is 0 Å². The van der Waals surface area contributed by atoms with Crippen LogP contribution in [0.2, 0.25) is 0 Å². The standard InChI is InChI=1S/CH2O3.Ca.Mo.2H/c2-1(3)4;;;;/h(H2,2,3,4);;;;/q;;+1;;/p-1. The summed E-state index contributed by atoms with van der Waals surface area (Å²) in [5, 5.41) is 7.50. The van der Waals surface area contributed by atoms with Gasteiger partial charge in [-0.3, -0.25) is 0 Å². The van der Waals surface area contributed by atoms with Crippen LogP contribution in [0.1, 0.15) is 0 Å². The summed E-state index contributed by atoms with van der Waals surface area (Å²) in [6, 6.07) is 0. The third-order valence-electron chi connectivity index (χ3n) is 0.0713. The Hall–Kier alpha value is 1.22. The van der Waals surface area contributed by atoms with Crippen LogP contribution in [0.3, 0.4) is 0 Å². The third-order valence-corrected chi connectivity index (χ3v) is 0.422. The molecule has 5 heteroatoms. The maximum atomic E-state index is 9.15. The van der Waals surface area contributed by atoms with Gasteiger partial charge in [0.05, 0.1) is 0 Å². The van der Waals surface area contributed by atoms with Crippen molar-refractivity contribution in [1.29, 1.82) is 0 Å². The van der Waals surface area contributed by atoms with Crippen molar-refractivity contribution in [2.45, 2.75) is 0 Å². The predicted octanol–water partition coefficient (Wildman–Crippen LogP) is -0.773. The molecule has 0 rings (SSSR count). The van der Waals surface area contributed by atoms with E-state index >= 15 is 0 Å². The van der Waals surface area contributed by atoms with Gasteiger partial charge < -0.3 is 0 Å². The molecule has 0 saturated heterocycles. The van der Waals surface area contributed by atoms with Gasteiger partial charge in [-0.15, -0.1) is 0 Å². The van der Waals surface area contributed by atoms with Crippen LogP contribution >= 0.6 is 0 Å². The summed E-state index contributed by atoms with van der Waals surface area (Å²) in [6.45, 7) is 0. The van der Waals surface area contributed by atoms with E-state index in [2.05, 4.69) is 3.39 Å². The fraction of sp³-hybridized carbons (Fsp3) is 0. The maximum absolute atomic E-state index is 9.15. The summed E-state index contributed by atoms with van der Waals surface area (Å²) < 4.78 is 3.68. The Bertz CT molecular complexity index is 46.1. The van der Waals surface area contributed by atoms with Crippen LogP contribution in [0.15, 0.2) is 0 Å². The summed E-state index contributed by atoms with van der Waals surface area (Å²) in [5.74, 6) is 0. The normalized spacial score (nSPS) is 5.33. The summed E-state index contributed by atoms with van der Waals surface area (Å²) in [4.78, 5) is 9.15. The molecule has 0 aliphatic heterocycles. The molecule has 1 N–H and O–H groups in total. The van der Waals surface area contributed by atoms with Crippen LogP contribution in [0, 0.1) is 0 Å². The van der Waals surface area contributed by atoms with Crippen LogP contribution < -0.4 is 0 Å². The SMILES string of the molecule is O=C(O)[O][Mo].[CaH2]. The van der Waals surface area contributed by atoms with Crippen LogP contribution in [0.25, 0.3) is 0 Å². The first-order valence-electron chi connectivity index (χ1n) is 0.799. The zero-order chi connectivity index (χ0) is 4.28. The molecular formula is CH3CaMoO3. The Balaban J connectivity index is 0. The number of carbonyl (C=O) groups is 1. The van der Waals surface area contributed by atoms with Crippen molar-refractivity contribution < 1.29 is 33.5 Å². The second-order valence-corrected chi connectivity index (χ2v) is 0.759. The average Bonchev–Trinajstić information content (AvgIpc) is 1.38. The summed E-state index contributed by atoms with van der Waals surface area (Å²) in [5.41, 5.74) is 0. The summed E-state index contributed by atoms with van der Waals surface area (Å²) in [6.07, 6.45) is -1.24. The van der Waals surface area contributed by atoms with E-state index in [-0.39, 0.29) is 37.7 Å². The Morgan fingerprint density at radius 1 is 1.83 bits per heavy atom. The molecule has 0 atom stereocenters. The Morgan fingerprint density at radius 2 is 2.00 bits per heavy atom. The number of hydrogen-bond acceptors (Lipinski definition) is 2. The van der Waals surface area contributed by atoms with Gasteiger partial charge in [0, 0.05) is 0 Å². The van der Waals surface area contributed by atoms with Gasteiger partial charge in [-0.05, 0) is 0 Å². The van der Waals surface area contributed by atoms with Crippen molar-refractivity contribution in [3.8, 4) is 0 Å². The molecule has 0 aromatic heterocycles. The van der Waals surface area contributed by atoms with E-state index in [0.29, 0.717) is 0 Å². The first-order valence-corrected chi connectivity index (χ1v) is 1.62. The van der Waals surface area contributed by atoms with E-state index in [0.717, 1.165) is 20.2 Å². The fourth-order valence-electron chi connectivity index (χ4n) is 0. The third kappa shape index (κ3) is 8.96. The predicted molar refractivity (Wildman–Crippen MR) is 17.7 cm³/mol. The first kappa shape index (κ1) is 10.2. The van der Waals surface area contributed by atoms with E-state index < -0.39 is 6.16 Å². The van der Waals surface area contributed by atoms with Gasteiger partial charge in [-0.25, -0.2) is 0 Å². The van der Waals surface area contributed by atoms with E-state index in [9.17, 15) is 0 Å². The Labute approximate surface area is 76.4 Å². The van der Waals surface area contributed by atoms with E-state index in [1.54, 1.807) is 0 Å². The van der Waals surface area contributed by atoms with Gasteiger partial charge in [-0.2, -0.15) is 0 Å². The van der Waals surface area contributed by atoms with Crippen LogP contribution in [-0.2, 0) is 23.6 Å². The molecule has 0 bridgehead atoms. The molecule has 33 valence electrons. The van der Waals surface area contributed by atoms with Crippen LogP contribution in [-0.4, -0.2) is 49.0 Å². The molecule has 0 unspecified atom stereocenters. The molecule has 0 aromatic rings. The summed E-state index contributed by atoms with van der Waals surface area (Å²) >= 11 is 1.04. The molecule has 0 amide bonds. The van der Waals surface area contributed by atoms with E-state index in [1.165, 1.54) is 0 Å². The molecule has 0 aromatic carbocycles. The van der Waals surface area contributed by atoms with Crippen molar-refractivity contribution in [3.05, 3.63) is 0 Å². The molecule has 0 spiro atoms. The average molecular weight is 199 g/mol. The van der Waals surface area contributed by atoms with Crippen molar-refractivity contribution in [1.82, 2.24) is 0 Å². The van der Waals surface area contributed by atoms with Crippen LogP contribution in [0.5, 0.6) is 0 Å². The van der Waals surface area contributed by atoms with Crippen LogP contribution in [0.4, 0.5) is 4.79 Å². The zero-order valence-corrected chi connectivity index (χ0v) is 4.18. The Morgan fingerprint density at radius 3 is 2.00 bits per heavy atom. The zero-order valence-electron chi connectivity index (χ0n) is 2.17. The van der Waals surface area contributed by atoms with Gasteiger partial charge in [0.2, 0.25) is 0 Å². The minimum atomic E-state index is -1.24. The number of rotatable bonds is 0. The second kappa shape index (κ2) is 6.22. The molecule has 0 saturated carbocycles. The summed E-state index contributed by atoms with van der Waals surface area (Å²) in [7, 11) is 0. The van der Waals surface area contributed by atoms with Gasteiger partial charge >= 0.3 is 77.4 Å². The quantitative estimate of drug-likeness (QED) is 0.521. The molecule has 0 aliphatic rings. The van der Waals surface area contributed by atoms with Crippen molar-refractivity contribution in [2.24, 2.45) is 0 Å². The molecule has 0 heterocycles. The second-order valence-electron chi connectivity index (χ2n) is 0.349. The molecule has 0 fully saturated rings. The van der Waals surface area contributed by atoms with Gasteiger partial charge in [0.1, 0.15) is 0 Å². The van der Waals surface area contributed by atoms with Gasteiger partial charge in [0.25, 0.3) is 0 Å². The van der Waals surface area contributed by atoms with Crippen molar-refractivity contribution in [3.63, 3.8) is 0 Å². The van der Waals surface area contributed by atoms with E-state index in [4.69, 9.17) is 9.90 Å². The molecule has 0 radical (unpaired) electrons. The minimum absolute atomic E-state index is 0. The first-order chi connectivity index (χ1) is 2.27. The van der Waals surface area contributed by atoms with Crippen molar-refractivity contribution in [2.75, 3.05) is 0 Å². The molecule has 6 heavy (non-hydrogen) atoms. The van der Waals surface area contributed by atoms with E-state index in [1.807, 2.05) is 0 Å². The number of hydrogen-bond donors (Lipinski definition) is 1. The Kier molecular flexibility index (Phi) is 10.6. The van der Waals surface area contributed by atoms with Gasteiger partial charge in [0.15, 0.2) is 0 Å². The van der Waals surface area contributed by atoms with Crippen molar-refractivity contribution >= 4 is 43.9 Å².